The summed E-state index contributed by atoms with van der Waals surface area (Å²) in [6, 6.07) is 8.93. The summed E-state index contributed by atoms with van der Waals surface area (Å²) >= 11 is 5.86. The van der Waals surface area contributed by atoms with Crippen LogP contribution in [-0.4, -0.2) is 15.9 Å². The lowest BCUT2D eigenvalue weighted by molar-refractivity contribution is 0.102. The van der Waals surface area contributed by atoms with Crippen LogP contribution in [0.3, 0.4) is 0 Å². The quantitative estimate of drug-likeness (QED) is 0.764. The molecule has 3 aromatic rings. The number of aromatic amines is 1. The van der Waals surface area contributed by atoms with Crippen LogP contribution in [0.15, 0.2) is 59.8 Å². The Hall–Kier alpha value is -2.99. The minimum Gasteiger partial charge on any atom is -0.327 e. The average Bonchev–Trinajstić information content (AvgIpc) is 2.57. The average molecular weight is 344 g/mol. The number of benzene rings is 1. The Labute approximate surface area is 141 Å². The molecule has 0 spiro atoms. The Kier molecular flexibility index (Phi) is 4.39. The zero-order chi connectivity index (χ0) is 17.1. The Morgan fingerprint density at radius 3 is 2.62 bits per heavy atom. The van der Waals surface area contributed by atoms with E-state index in [4.69, 9.17) is 11.6 Å². The zero-order valence-corrected chi connectivity index (χ0v) is 13.0. The number of carbonyl (C=O) groups is 1. The first-order valence-electron chi connectivity index (χ1n) is 6.95. The minimum absolute atomic E-state index is 0.00590. The Balaban J connectivity index is 1.96. The molecular weight excluding hydrogens is 333 g/mol. The van der Waals surface area contributed by atoms with Crippen molar-refractivity contribution in [2.24, 2.45) is 0 Å². The van der Waals surface area contributed by atoms with Gasteiger partial charge in [0.1, 0.15) is 11.5 Å². The second kappa shape index (κ2) is 6.64. The Morgan fingerprint density at radius 1 is 1.17 bits per heavy atom. The fraction of sp³-hybridized carbons (Fsp3) is 0. The molecule has 0 aliphatic rings. The lowest BCUT2D eigenvalue weighted by Crippen LogP contribution is -2.21. The van der Waals surface area contributed by atoms with Gasteiger partial charge in [0.15, 0.2) is 0 Å². The first-order chi connectivity index (χ1) is 11.6. The number of pyridine rings is 2. The lowest BCUT2D eigenvalue weighted by Gasteiger charge is -2.08. The minimum atomic E-state index is -0.796. The van der Waals surface area contributed by atoms with Crippen molar-refractivity contribution in [2.45, 2.75) is 0 Å². The van der Waals surface area contributed by atoms with Gasteiger partial charge in [0.2, 0.25) is 0 Å². The summed E-state index contributed by atoms with van der Waals surface area (Å²) in [4.78, 5) is 30.6. The van der Waals surface area contributed by atoms with Crippen LogP contribution >= 0.6 is 11.6 Å². The predicted molar refractivity (Wildman–Crippen MR) is 89.7 cm³/mol. The summed E-state index contributed by atoms with van der Waals surface area (Å²) in [6.07, 6.45) is 4.74. The molecule has 1 amide bonds. The number of rotatable bonds is 3. The number of nitrogens with zero attached hydrogens (tertiary/aromatic N) is 1. The van der Waals surface area contributed by atoms with Crippen molar-refractivity contribution < 1.29 is 9.18 Å². The number of nitrogens with one attached hydrogen (secondary N) is 2. The first kappa shape index (κ1) is 15.9. The molecular formula is C17H11ClFN3O2. The van der Waals surface area contributed by atoms with E-state index in [1.165, 1.54) is 24.4 Å². The van der Waals surface area contributed by atoms with Gasteiger partial charge in [0.05, 0.1) is 10.6 Å². The largest absolute Gasteiger partial charge is 0.327 e. The molecule has 0 atom stereocenters. The molecule has 120 valence electrons. The number of hydrogen-bond acceptors (Lipinski definition) is 3. The highest BCUT2D eigenvalue weighted by molar-refractivity contribution is 6.34. The third-order valence-corrected chi connectivity index (χ3v) is 3.67. The van der Waals surface area contributed by atoms with Gasteiger partial charge in [-0.3, -0.25) is 14.6 Å². The van der Waals surface area contributed by atoms with Crippen molar-refractivity contribution >= 4 is 23.2 Å². The van der Waals surface area contributed by atoms with E-state index in [0.29, 0.717) is 5.56 Å². The van der Waals surface area contributed by atoms with Crippen LogP contribution in [0.2, 0.25) is 5.02 Å². The molecule has 0 unspecified atom stereocenters. The fourth-order valence-corrected chi connectivity index (χ4v) is 2.44. The first-order valence-corrected chi connectivity index (χ1v) is 7.32. The molecule has 0 fully saturated rings. The Bertz CT molecular complexity index is 937. The van der Waals surface area contributed by atoms with Crippen LogP contribution in [0, 0.1) is 5.82 Å². The molecule has 24 heavy (non-hydrogen) atoms. The fourth-order valence-electron chi connectivity index (χ4n) is 2.19. The molecule has 0 radical (unpaired) electrons. The van der Waals surface area contributed by atoms with E-state index < -0.39 is 17.3 Å². The van der Waals surface area contributed by atoms with Crippen molar-refractivity contribution in [2.75, 3.05) is 5.32 Å². The standard InChI is InChI=1S/C17H11ClFN3O2/c18-12-2-1-3-13(19)15(12)17(24)22-14-8-11(9-21-16(14)23)10-4-6-20-7-5-10/h1-9H,(H,21,23)(H,22,24). The van der Waals surface area contributed by atoms with Gasteiger partial charge in [-0.2, -0.15) is 0 Å². The third kappa shape index (κ3) is 3.18. The van der Waals surface area contributed by atoms with Gasteiger partial charge in [-0.1, -0.05) is 17.7 Å². The summed E-state index contributed by atoms with van der Waals surface area (Å²) in [5.74, 6) is -1.56. The highest BCUT2D eigenvalue weighted by Crippen LogP contribution is 2.22. The zero-order valence-electron chi connectivity index (χ0n) is 12.2. The van der Waals surface area contributed by atoms with Gasteiger partial charge in [0.25, 0.3) is 11.5 Å². The number of amides is 1. The monoisotopic (exact) mass is 343 g/mol. The number of carbonyl (C=O) groups excluding carboxylic acids is 1. The number of aromatic nitrogens is 2. The summed E-state index contributed by atoms with van der Waals surface area (Å²) in [5.41, 5.74) is 0.655. The van der Waals surface area contributed by atoms with E-state index in [-0.39, 0.29) is 16.3 Å². The van der Waals surface area contributed by atoms with Crippen LogP contribution in [0.1, 0.15) is 10.4 Å². The number of halogens is 2. The predicted octanol–water partition coefficient (Wildman–Crippen LogP) is 3.48. The molecule has 0 aliphatic carbocycles. The number of H-pyrrole nitrogens is 1. The SMILES string of the molecule is O=C(Nc1cc(-c2ccncc2)c[nH]c1=O)c1c(F)cccc1Cl. The van der Waals surface area contributed by atoms with Crippen molar-refractivity contribution in [3.63, 3.8) is 0 Å². The van der Waals surface area contributed by atoms with Gasteiger partial charge >= 0.3 is 0 Å². The molecule has 7 heteroatoms. The van der Waals surface area contributed by atoms with E-state index in [1.54, 1.807) is 24.5 Å². The van der Waals surface area contributed by atoms with Crippen molar-refractivity contribution in [3.8, 4) is 11.1 Å². The highest BCUT2D eigenvalue weighted by Gasteiger charge is 2.17. The van der Waals surface area contributed by atoms with Gasteiger partial charge < -0.3 is 10.3 Å². The molecule has 5 nitrogen and oxygen atoms in total. The molecule has 2 aromatic heterocycles. The normalized spacial score (nSPS) is 10.4. The maximum atomic E-state index is 13.8. The summed E-state index contributed by atoms with van der Waals surface area (Å²) in [6.45, 7) is 0. The van der Waals surface area contributed by atoms with Crippen LogP contribution in [0.25, 0.3) is 11.1 Å². The lowest BCUT2D eigenvalue weighted by atomic mass is 10.1. The molecule has 0 saturated carbocycles. The maximum absolute atomic E-state index is 13.8. The maximum Gasteiger partial charge on any atom is 0.271 e. The summed E-state index contributed by atoms with van der Waals surface area (Å²) in [7, 11) is 0. The number of hydrogen-bond donors (Lipinski definition) is 2. The second-order valence-electron chi connectivity index (χ2n) is 4.92. The van der Waals surface area contributed by atoms with Gasteiger partial charge in [-0.15, -0.1) is 0 Å². The van der Waals surface area contributed by atoms with Crippen LogP contribution < -0.4 is 10.9 Å². The highest BCUT2D eigenvalue weighted by atomic mass is 35.5. The van der Waals surface area contributed by atoms with E-state index in [9.17, 15) is 14.0 Å². The van der Waals surface area contributed by atoms with Crippen LogP contribution in [-0.2, 0) is 0 Å². The van der Waals surface area contributed by atoms with Crippen molar-refractivity contribution in [1.82, 2.24) is 9.97 Å². The summed E-state index contributed by atoms with van der Waals surface area (Å²) in [5, 5.41) is 2.36. The topological polar surface area (TPSA) is 74.8 Å². The second-order valence-corrected chi connectivity index (χ2v) is 5.33. The molecule has 0 saturated heterocycles. The molecule has 2 N–H and O–H groups in total. The van der Waals surface area contributed by atoms with Gasteiger partial charge in [-0.05, 0) is 35.9 Å². The van der Waals surface area contributed by atoms with Gasteiger partial charge in [-0.25, -0.2) is 4.39 Å². The molecule has 3 rings (SSSR count). The smallest absolute Gasteiger partial charge is 0.271 e. The van der Waals surface area contributed by atoms with E-state index in [1.807, 2.05) is 0 Å². The van der Waals surface area contributed by atoms with E-state index >= 15 is 0 Å². The van der Waals surface area contributed by atoms with Gasteiger partial charge in [0, 0.05) is 24.2 Å². The van der Waals surface area contributed by atoms with E-state index in [2.05, 4.69) is 15.3 Å². The molecule has 1 aromatic carbocycles. The van der Waals surface area contributed by atoms with Crippen LogP contribution in [0.4, 0.5) is 10.1 Å². The third-order valence-electron chi connectivity index (χ3n) is 3.35. The summed E-state index contributed by atoms with van der Waals surface area (Å²) < 4.78 is 13.8. The Morgan fingerprint density at radius 2 is 1.92 bits per heavy atom. The van der Waals surface area contributed by atoms with Crippen LogP contribution in [0.5, 0.6) is 0 Å². The van der Waals surface area contributed by atoms with Crippen molar-refractivity contribution in [3.05, 3.63) is 81.7 Å². The number of anilines is 1. The molecule has 2 heterocycles. The van der Waals surface area contributed by atoms with Crippen molar-refractivity contribution in [1.29, 1.82) is 0 Å². The molecule has 0 aliphatic heterocycles. The van der Waals surface area contributed by atoms with E-state index in [0.717, 1.165) is 11.6 Å². The molecule has 0 bridgehead atoms.